The molecule has 6 nitrogen and oxygen atoms in total. The Morgan fingerprint density at radius 3 is 2.62 bits per heavy atom. The fourth-order valence-electron chi connectivity index (χ4n) is 2.16. The summed E-state index contributed by atoms with van der Waals surface area (Å²) in [6.07, 6.45) is 0. The maximum absolute atomic E-state index is 12.0. The van der Waals surface area contributed by atoms with Crippen molar-refractivity contribution in [3.8, 4) is 0 Å². The summed E-state index contributed by atoms with van der Waals surface area (Å²) in [4.78, 5) is 20.4. The standard InChI is InChI=1S/C12H20N4O2S.2ClH/c1-18-7-11(13)12(17)16-4-2-15(3-5-16)6-10-8-19-9-14-10;;/h8-9,11H,2-7,13H2,1H3;2*1H. The van der Waals surface area contributed by atoms with Crippen molar-refractivity contribution in [2.45, 2.75) is 12.6 Å². The molecule has 0 spiro atoms. The Hall–Kier alpha value is -0.440. The van der Waals surface area contributed by atoms with Crippen molar-refractivity contribution in [1.82, 2.24) is 14.8 Å². The summed E-state index contributed by atoms with van der Waals surface area (Å²) in [7, 11) is 1.55. The average molecular weight is 357 g/mol. The van der Waals surface area contributed by atoms with Crippen LogP contribution >= 0.6 is 36.2 Å². The summed E-state index contributed by atoms with van der Waals surface area (Å²) in [6.45, 7) is 4.31. The van der Waals surface area contributed by atoms with Crippen LogP contribution in [0.25, 0.3) is 0 Å². The molecular formula is C12H22Cl2N4O2S. The first-order valence-corrected chi connectivity index (χ1v) is 7.27. The van der Waals surface area contributed by atoms with Crippen LogP contribution in [-0.2, 0) is 16.1 Å². The van der Waals surface area contributed by atoms with Gasteiger partial charge in [-0.1, -0.05) is 0 Å². The summed E-state index contributed by atoms with van der Waals surface area (Å²) in [5.74, 6) is -0.0184. The molecule has 1 aliphatic heterocycles. The van der Waals surface area contributed by atoms with Crippen LogP contribution in [0, 0.1) is 0 Å². The van der Waals surface area contributed by atoms with Crippen molar-refractivity contribution in [2.75, 3.05) is 39.9 Å². The van der Waals surface area contributed by atoms with E-state index in [0.717, 1.165) is 38.4 Å². The number of methoxy groups -OCH3 is 1. The zero-order valence-electron chi connectivity index (χ0n) is 11.9. The lowest BCUT2D eigenvalue weighted by Crippen LogP contribution is -2.53. The number of carbonyl (C=O) groups excluding carboxylic acids is 1. The van der Waals surface area contributed by atoms with Gasteiger partial charge in [0.2, 0.25) is 5.91 Å². The molecule has 1 aliphatic rings. The van der Waals surface area contributed by atoms with Gasteiger partial charge in [-0.3, -0.25) is 9.69 Å². The minimum absolute atomic E-state index is 0. The average Bonchev–Trinajstić information content (AvgIpc) is 2.92. The number of rotatable bonds is 5. The highest BCUT2D eigenvalue weighted by molar-refractivity contribution is 7.07. The van der Waals surface area contributed by atoms with Crippen LogP contribution in [0.1, 0.15) is 5.69 Å². The normalized spacial score (nSPS) is 16.8. The van der Waals surface area contributed by atoms with E-state index in [4.69, 9.17) is 10.5 Å². The second kappa shape index (κ2) is 10.3. The van der Waals surface area contributed by atoms with Crippen molar-refractivity contribution in [1.29, 1.82) is 0 Å². The van der Waals surface area contributed by atoms with Crippen molar-refractivity contribution in [3.63, 3.8) is 0 Å². The SMILES string of the molecule is COCC(N)C(=O)N1CCN(Cc2cscn2)CC1.Cl.Cl. The first-order valence-electron chi connectivity index (χ1n) is 6.33. The molecule has 1 fully saturated rings. The molecule has 9 heteroatoms. The minimum atomic E-state index is -0.546. The Morgan fingerprint density at radius 2 is 2.10 bits per heavy atom. The van der Waals surface area contributed by atoms with Gasteiger partial charge in [0.05, 0.1) is 17.8 Å². The van der Waals surface area contributed by atoms with Gasteiger partial charge in [0.1, 0.15) is 6.04 Å². The number of hydrogen-bond donors (Lipinski definition) is 1. The van der Waals surface area contributed by atoms with Crippen LogP contribution in [0.4, 0.5) is 0 Å². The maximum atomic E-state index is 12.0. The van der Waals surface area contributed by atoms with E-state index in [1.807, 2.05) is 10.4 Å². The van der Waals surface area contributed by atoms with Crippen LogP contribution < -0.4 is 5.73 Å². The van der Waals surface area contributed by atoms with E-state index in [9.17, 15) is 4.79 Å². The second-order valence-electron chi connectivity index (χ2n) is 4.64. The fourth-order valence-corrected chi connectivity index (χ4v) is 2.71. The molecule has 1 unspecified atom stereocenters. The zero-order valence-corrected chi connectivity index (χ0v) is 14.4. The van der Waals surface area contributed by atoms with Crippen molar-refractivity contribution >= 4 is 42.1 Å². The molecule has 122 valence electrons. The largest absolute Gasteiger partial charge is 0.383 e. The van der Waals surface area contributed by atoms with Gasteiger partial charge in [0, 0.05) is 45.2 Å². The predicted molar refractivity (Wildman–Crippen MR) is 88.3 cm³/mol. The summed E-state index contributed by atoms with van der Waals surface area (Å²) in [6, 6.07) is -0.546. The number of hydrogen-bond acceptors (Lipinski definition) is 6. The van der Waals surface area contributed by atoms with Gasteiger partial charge in [0.15, 0.2) is 0 Å². The molecule has 1 atom stereocenters. The minimum Gasteiger partial charge on any atom is -0.383 e. The lowest BCUT2D eigenvalue weighted by atomic mass is 10.2. The number of nitrogens with two attached hydrogens (primary N) is 1. The lowest BCUT2D eigenvalue weighted by Gasteiger charge is -2.35. The van der Waals surface area contributed by atoms with E-state index in [2.05, 4.69) is 15.3 Å². The van der Waals surface area contributed by atoms with Gasteiger partial charge in [-0.05, 0) is 0 Å². The smallest absolute Gasteiger partial charge is 0.241 e. The number of amides is 1. The third-order valence-electron chi connectivity index (χ3n) is 3.22. The molecule has 2 N–H and O–H groups in total. The molecule has 1 aromatic rings. The van der Waals surface area contributed by atoms with E-state index in [1.54, 1.807) is 18.4 Å². The molecule has 1 amide bonds. The molecule has 0 bridgehead atoms. The number of carbonyl (C=O) groups is 1. The monoisotopic (exact) mass is 356 g/mol. The van der Waals surface area contributed by atoms with E-state index >= 15 is 0 Å². The van der Waals surface area contributed by atoms with Crippen molar-refractivity contribution in [3.05, 3.63) is 16.6 Å². The molecule has 1 aromatic heterocycles. The van der Waals surface area contributed by atoms with Crippen LogP contribution in [-0.4, -0.2) is 66.6 Å². The van der Waals surface area contributed by atoms with E-state index in [0.29, 0.717) is 0 Å². The highest BCUT2D eigenvalue weighted by atomic mass is 35.5. The van der Waals surface area contributed by atoms with Gasteiger partial charge in [-0.25, -0.2) is 4.98 Å². The summed E-state index contributed by atoms with van der Waals surface area (Å²) >= 11 is 1.61. The first-order chi connectivity index (χ1) is 9.20. The van der Waals surface area contributed by atoms with E-state index < -0.39 is 6.04 Å². The first kappa shape index (κ1) is 20.6. The maximum Gasteiger partial charge on any atom is 0.241 e. The number of thiazole rings is 1. The van der Waals surface area contributed by atoms with Crippen LogP contribution in [0.3, 0.4) is 0 Å². The third kappa shape index (κ3) is 6.06. The highest BCUT2D eigenvalue weighted by Gasteiger charge is 2.25. The number of halogens is 2. The molecule has 0 aromatic carbocycles. The Labute approximate surface area is 141 Å². The molecular weight excluding hydrogens is 335 g/mol. The topological polar surface area (TPSA) is 71.7 Å². The molecule has 0 radical (unpaired) electrons. The second-order valence-corrected chi connectivity index (χ2v) is 5.36. The van der Waals surface area contributed by atoms with Crippen molar-refractivity contribution < 1.29 is 9.53 Å². The van der Waals surface area contributed by atoms with Gasteiger partial charge < -0.3 is 15.4 Å². The van der Waals surface area contributed by atoms with Gasteiger partial charge >= 0.3 is 0 Å². The van der Waals surface area contributed by atoms with Crippen molar-refractivity contribution in [2.24, 2.45) is 5.73 Å². The molecule has 2 heterocycles. The Balaban J connectivity index is 0.00000200. The molecule has 21 heavy (non-hydrogen) atoms. The molecule has 2 rings (SSSR count). The summed E-state index contributed by atoms with van der Waals surface area (Å²) < 4.78 is 4.92. The zero-order chi connectivity index (χ0) is 13.7. The third-order valence-corrected chi connectivity index (χ3v) is 3.85. The van der Waals surface area contributed by atoms with Gasteiger partial charge in [0.25, 0.3) is 0 Å². The fraction of sp³-hybridized carbons (Fsp3) is 0.667. The van der Waals surface area contributed by atoms with Crippen LogP contribution in [0.15, 0.2) is 10.9 Å². The molecule has 0 saturated carbocycles. The quantitative estimate of drug-likeness (QED) is 0.836. The highest BCUT2D eigenvalue weighted by Crippen LogP contribution is 2.09. The number of ether oxygens (including phenoxy) is 1. The molecule has 1 saturated heterocycles. The van der Waals surface area contributed by atoms with Gasteiger partial charge in [-0.2, -0.15) is 0 Å². The number of piperazine rings is 1. The lowest BCUT2D eigenvalue weighted by molar-refractivity contribution is -0.135. The predicted octanol–water partition coefficient (Wildman–Crippen LogP) is 0.605. The summed E-state index contributed by atoms with van der Waals surface area (Å²) in [5.41, 5.74) is 8.71. The Kier molecular flexibility index (Phi) is 10.1. The van der Waals surface area contributed by atoms with Crippen LogP contribution in [0.5, 0.6) is 0 Å². The summed E-state index contributed by atoms with van der Waals surface area (Å²) in [5, 5.41) is 2.06. The Bertz CT molecular complexity index is 400. The van der Waals surface area contributed by atoms with Crippen LogP contribution in [0.2, 0.25) is 0 Å². The number of aromatic nitrogens is 1. The van der Waals surface area contributed by atoms with Gasteiger partial charge in [-0.15, -0.1) is 36.2 Å². The Morgan fingerprint density at radius 1 is 1.43 bits per heavy atom. The molecule has 0 aliphatic carbocycles. The van der Waals surface area contributed by atoms with E-state index in [1.165, 1.54) is 0 Å². The number of nitrogens with zero attached hydrogens (tertiary/aromatic N) is 3. The van der Waals surface area contributed by atoms with E-state index in [-0.39, 0.29) is 37.3 Å².